The van der Waals surface area contributed by atoms with Gasteiger partial charge in [0.1, 0.15) is 5.57 Å². The first-order chi connectivity index (χ1) is 15.3. The fourth-order valence-corrected chi connectivity index (χ4v) is 2.93. The number of hydrogen-bond donors (Lipinski definition) is 3. The van der Waals surface area contributed by atoms with Crippen molar-refractivity contribution in [3.05, 3.63) is 58.7 Å². The summed E-state index contributed by atoms with van der Waals surface area (Å²) in [7, 11) is 0. The lowest BCUT2D eigenvalue weighted by Crippen LogP contribution is -2.51. The zero-order chi connectivity index (χ0) is 23.3. The average Bonchev–Trinajstić information content (AvgIpc) is 2.73. The van der Waals surface area contributed by atoms with Crippen LogP contribution in [0.5, 0.6) is 11.5 Å². The van der Waals surface area contributed by atoms with Crippen LogP contribution in [0.3, 0.4) is 0 Å². The first kappa shape index (κ1) is 22.5. The van der Waals surface area contributed by atoms with Crippen molar-refractivity contribution >= 4 is 35.5 Å². The van der Waals surface area contributed by atoms with Crippen LogP contribution in [0.25, 0.3) is 6.08 Å². The smallest absolute Gasteiger partial charge is 0.328 e. The van der Waals surface area contributed by atoms with Gasteiger partial charge in [-0.1, -0.05) is 12.1 Å². The van der Waals surface area contributed by atoms with Crippen LogP contribution < -0.4 is 25.4 Å². The summed E-state index contributed by atoms with van der Waals surface area (Å²) >= 11 is 0. The topological polar surface area (TPSA) is 123 Å². The van der Waals surface area contributed by atoms with Gasteiger partial charge >= 0.3 is 6.03 Å². The van der Waals surface area contributed by atoms with Gasteiger partial charge < -0.3 is 14.8 Å². The van der Waals surface area contributed by atoms with Crippen molar-refractivity contribution in [3.63, 3.8) is 0 Å². The van der Waals surface area contributed by atoms with Gasteiger partial charge in [0.25, 0.3) is 17.7 Å². The Bertz CT molecular complexity index is 1100. The molecule has 9 heteroatoms. The maximum atomic E-state index is 12.3. The van der Waals surface area contributed by atoms with Crippen molar-refractivity contribution in [1.82, 2.24) is 10.6 Å². The second kappa shape index (κ2) is 9.78. The van der Waals surface area contributed by atoms with E-state index in [1.165, 1.54) is 6.08 Å². The average molecular weight is 437 g/mol. The molecule has 0 spiro atoms. The highest BCUT2D eigenvalue weighted by atomic mass is 16.5. The first-order valence-corrected chi connectivity index (χ1v) is 9.92. The molecule has 2 aromatic carbocycles. The lowest BCUT2D eigenvalue weighted by Gasteiger charge is -2.15. The summed E-state index contributed by atoms with van der Waals surface area (Å²) < 4.78 is 11.2. The molecule has 3 rings (SSSR count). The Morgan fingerprint density at radius 3 is 2.31 bits per heavy atom. The van der Waals surface area contributed by atoms with Gasteiger partial charge in [0, 0.05) is 5.69 Å². The minimum atomic E-state index is -0.866. The molecule has 1 saturated heterocycles. The van der Waals surface area contributed by atoms with Gasteiger partial charge in [-0.3, -0.25) is 25.0 Å². The molecule has 1 fully saturated rings. The molecular weight excluding hydrogens is 414 g/mol. The van der Waals surface area contributed by atoms with E-state index in [-0.39, 0.29) is 18.1 Å². The fraction of sp³-hybridized carbons (Fsp3) is 0.217. The second-order valence-corrected chi connectivity index (χ2v) is 7.07. The molecule has 32 heavy (non-hydrogen) atoms. The summed E-state index contributed by atoms with van der Waals surface area (Å²) in [5, 5.41) is 6.80. The molecule has 166 valence electrons. The summed E-state index contributed by atoms with van der Waals surface area (Å²) in [6.45, 7) is 5.84. The number of carbonyl (C=O) groups is 4. The highest BCUT2D eigenvalue weighted by Gasteiger charge is 2.27. The van der Waals surface area contributed by atoms with Crippen molar-refractivity contribution in [3.8, 4) is 11.5 Å². The molecule has 0 aliphatic carbocycles. The number of benzene rings is 2. The van der Waals surface area contributed by atoms with Crippen molar-refractivity contribution in [2.75, 3.05) is 18.5 Å². The molecule has 0 radical (unpaired) electrons. The molecular formula is C23H23N3O6. The van der Waals surface area contributed by atoms with E-state index in [9.17, 15) is 19.2 Å². The zero-order valence-corrected chi connectivity index (χ0v) is 17.9. The minimum absolute atomic E-state index is 0.214. The van der Waals surface area contributed by atoms with Crippen molar-refractivity contribution in [2.24, 2.45) is 0 Å². The standard InChI is InChI=1S/C23H23N3O6/c1-4-31-19-11-15(10-17-21(28)25-23(30)26-22(17)29)6-8-18(19)32-12-20(27)24-16-7-5-13(2)14(3)9-16/h5-11H,4,12H2,1-3H3,(H,24,27)(H2,25,26,28,29,30). The van der Waals surface area contributed by atoms with Gasteiger partial charge in [-0.15, -0.1) is 0 Å². The van der Waals surface area contributed by atoms with Crippen LogP contribution in [0.4, 0.5) is 10.5 Å². The first-order valence-electron chi connectivity index (χ1n) is 9.92. The number of barbiturate groups is 1. The van der Waals surface area contributed by atoms with Crippen LogP contribution in [0.15, 0.2) is 42.0 Å². The quantitative estimate of drug-likeness (QED) is 0.452. The van der Waals surface area contributed by atoms with E-state index in [1.807, 2.05) is 42.7 Å². The number of urea groups is 1. The van der Waals surface area contributed by atoms with Crippen molar-refractivity contribution in [2.45, 2.75) is 20.8 Å². The summed E-state index contributed by atoms with van der Waals surface area (Å²) in [6, 6.07) is 9.51. The van der Waals surface area contributed by atoms with Crippen LogP contribution >= 0.6 is 0 Å². The zero-order valence-electron chi connectivity index (χ0n) is 17.9. The van der Waals surface area contributed by atoms with Gasteiger partial charge in [-0.25, -0.2) is 4.79 Å². The highest BCUT2D eigenvalue weighted by molar-refractivity contribution is 6.31. The van der Waals surface area contributed by atoms with Crippen molar-refractivity contribution < 1.29 is 28.7 Å². The second-order valence-electron chi connectivity index (χ2n) is 7.07. The van der Waals surface area contributed by atoms with Crippen LogP contribution in [0.2, 0.25) is 0 Å². The van der Waals surface area contributed by atoms with E-state index in [1.54, 1.807) is 25.1 Å². The lowest BCUT2D eigenvalue weighted by atomic mass is 10.1. The predicted octanol–water partition coefficient (Wildman–Crippen LogP) is 2.47. The van der Waals surface area contributed by atoms with Gasteiger partial charge in [-0.2, -0.15) is 0 Å². The number of nitrogens with one attached hydrogen (secondary N) is 3. The molecule has 0 aromatic heterocycles. The molecule has 5 amide bonds. The van der Waals surface area contributed by atoms with Gasteiger partial charge in [0.05, 0.1) is 6.61 Å². The van der Waals surface area contributed by atoms with Crippen LogP contribution in [0.1, 0.15) is 23.6 Å². The molecule has 1 aliphatic heterocycles. The maximum absolute atomic E-state index is 12.3. The lowest BCUT2D eigenvalue weighted by molar-refractivity contribution is -0.124. The number of carbonyl (C=O) groups excluding carboxylic acids is 4. The summed E-state index contributed by atoms with van der Waals surface area (Å²) in [5.41, 5.74) is 3.14. The van der Waals surface area contributed by atoms with E-state index >= 15 is 0 Å². The fourth-order valence-electron chi connectivity index (χ4n) is 2.93. The molecule has 1 aliphatic rings. The third kappa shape index (κ3) is 5.51. The third-order valence-electron chi connectivity index (χ3n) is 4.67. The largest absolute Gasteiger partial charge is 0.490 e. The van der Waals surface area contributed by atoms with E-state index in [0.29, 0.717) is 29.4 Å². The van der Waals surface area contributed by atoms with E-state index < -0.39 is 17.8 Å². The van der Waals surface area contributed by atoms with Crippen molar-refractivity contribution in [1.29, 1.82) is 0 Å². The maximum Gasteiger partial charge on any atom is 0.328 e. The van der Waals surface area contributed by atoms with Gasteiger partial charge in [0.15, 0.2) is 18.1 Å². The van der Waals surface area contributed by atoms with Crippen LogP contribution in [0, 0.1) is 13.8 Å². The van der Waals surface area contributed by atoms with E-state index in [4.69, 9.17) is 9.47 Å². The number of rotatable bonds is 7. The number of amides is 5. The Morgan fingerprint density at radius 1 is 0.938 bits per heavy atom. The predicted molar refractivity (Wildman–Crippen MR) is 117 cm³/mol. The van der Waals surface area contributed by atoms with Crippen LogP contribution in [-0.2, 0) is 14.4 Å². The number of imide groups is 2. The van der Waals surface area contributed by atoms with E-state index in [0.717, 1.165) is 11.1 Å². The molecule has 0 atom stereocenters. The molecule has 0 unspecified atom stereocenters. The molecule has 0 bridgehead atoms. The summed E-state index contributed by atoms with van der Waals surface area (Å²) in [5.74, 6) is -1.24. The molecule has 9 nitrogen and oxygen atoms in total. The Hall–Kier alpha value is -4.14. The molecule has 1 heterocycles. The molecule has 0 saturated carbocycles. The number of hydrogen-bond acceptors (Lipinski definition) is 6. The normalized spacial score (nSPS) is 13.2. The van der Waals surface area contributed by atoms with Crippen LogP contribution in [-0.4, -0.2) is 37.0 Å². The minimum Gasteiger partial charge on any atom is -0.490 e. The Labute approximate surface area is 184 Å². The number of ether oxygens (including phenoxy) is 2. The number of anilines is 1. The summed E-state index contributed by atoms with van der Waals surface area (Å²) in [4.78, 5) is 47.3. The summed E-state index contributed by atoms with van der Waals surface area (Å²) in [6.07, 6.45) is 1.33. The van der Waals surface area contributed by atoms with Gasteiger partial charge in [0.2, 0.25) is 0 Å². The Balaban J connectivity index is 1.71. The SMILES string of the molecule is CCOc1cc(C=C2C(=O)NC(=O)NC2=O)ccc1OCC(=O)Nc1ccc(C)c(C)c1. The Morgan fingerprint density at radius 2 is 1.66 bits per heavy atom. The molecule has 2 aromatic rings. The number of aryl methyl sites for hydroxylation is 2. The monoisotopic (exact) mass is 437 g/mol. The highest BCUT2D eigenvalue weighted by Crippen LogP contribution is 2.29. The Kier molecular flexibility index (Phi) is 6.89. The third-order valence-corrected chi connectivity index (χ3v) is 4.67. The van der Waals surface area contributed by atoms with E-state index in [2.05, 4.69) is 5.32 Å². The van der Waals surface area contributed by atoms with Gasteiger partial charge in [-0.05, 0) is 67.8 Å². The molecule has 3 N–H and O–H groups in total.